The molecule has 7 heteroatoms. The van der Waals surface area contributed by atoms with E-state index in [-0.39, 0.29) is 18.0 Å². The summed E-state index contributed by atoms with van der Waals surface area (Å²) in [4.78, 5) is 29.0. The molecule has 2 fully saturated rings. The minimum atomic E-state index is -0.435. The quantitative estimate of drug-likeness (QED) is 0.751. The number of methoxy groups -OCH3 is 1. The molecule has 2 heterocycles. The van der Waals surface area contributed by atoms with Gasteiger partial charge in [0, 0.05) is 31.6 Å². The molecule has 0 saturated carbocycles. The summed E-state index contributed by atoms with van der Waals surface area (Å²) >= 11 is 6.03. The molecule has 0 aromatic heterocycles. The van der Waals surface area contributed by atoms with Gasteiger partial charge in [-0.25, -0.2) is 0 Å². The monoisotopic (exact) mass is 380 g/mol. The highest BCUT2D eigenvalue weighted by molar-refractivity contribution is 6.32. The summed E-state index contributed by atoms with van der Waals surface area (Å²) in [6, 6.07) is 5.03. The number of cyclic esters (lactones) is 1. The summed E-state index contributed by atoms with van der Waals surface area (Å²) < 4.78 is 10.8. The Kier molecular flexibility index (Phi) is 5.44. The predicted octanol–water partition coefficient (Wildman–Crippen LogP) is 2.45. The Balaban J connectivity index is 1.65. The second-order valence-electron chi connectivity index (χ2n) is 7.42. The molecule has 26 heavy (non-hydrogen) atoms. The van der Waals surface area contributed by atoms with Crippen LogP contribution in [0, 0.1) is 5.41 Å². The van der Waals surface area contributed by atoms with Crippen LogP contribution in [0.2, 0.25) is 5.02 Å². The van der Waals surface area contributed by atoms with E-state index in [9.17, 15) is 9.59 Å². The van der Waals surface area contributed by atoms with Gasteiger partial charge in [0.05, 0.1) is 17.5 Å². The van der Waals surface area contributed by atoms with Crippen molar-refractivity contribution in [3.8, 4) is 5.75 Å². The fraction of sp³-hybridized carbons (Fsp3) is 0.579. The predicted molar refractivity (Wildman–Crippen MR) is 98.6 cm³/mol. The number of esters is 1. The van der Waals surface area contributed by atoms with Gasteiger partial charge in [-0.3, -0.25) is 9.59 Å². The van der Waals surface area contributed by atoms with E-state index >= 15 is 0 Å². The number of carbonyl (C=O) groups is 2. The van der Waals surface area contributed by atoms with Crippen LogP contribution < -0.4 is 4.74 Å². The summed E-state index contributed by atoms with van der Waals surface area (Å²) in [5.74, 6) is 0.313. The topological polar surface area (TPSA) is 59.1 Å². The van der Waals surface area contributed by atoms with Crippen LogP contribution in [0.3, 0.4) is 0 Å². The molecule has 0 bridgehead atoms. The molecule has 2 aliphatic rings. The van der Waals surface area contributed by atoms with Gasteiger partial charge in [-0.1, -0.05) is 11.6 Å². The SMILES string of the molecule is COc1cc(C(=O)N2CCC3(CC2)CC(CN(C)C)OC3=O)ccc1Cl. The lowest BCUT2D eigenvalue weighted by Crippen LogP contribution is -2.45. The summed E-state index contributed by atoms with van der Waals surface area (Å²) in [6.07, 6.45) is 1.97. The average molecular weight is 381 g/mol. The van der Waals surface area contributed by atoms with E-state index < -0.39 is 5.41 Å². The largest absolute Gasteiger partial charge is 0.495 e. The zero-order chi connectivity index (χ0) is 18.9. The van der Waals surface area contributed by atoms with E-state index in [4.69, 9.17) is 21.1 Å². The normalized spacial score (nSPS) is 22.0. The molecule has 1 aromatic carbocycles. The van der Waals surface area contributed by atoms with Crippen LogP contribution in [0.4, 0.5) is 0 Å². The highest BCUT2D eigenvalue weighted by atomic mass is 35.5. The summed E-state index contributed by atoms with van der Waals surface area (Å²) in [6.45, 7) is 1.84. The van der Waals surface area contributed by atoms with Crippen LogP contribution in [-0.2, 0) is 9.53 Å². The number of amides is 1. The smallest absolute Gasteiger partial charge is 0.312 e. The lowest BCUT2D eigenvalue weighted by molar-refractivity contribution is -0.150. The first-order valence-corrected chi connectivity index (χ1v) is 9.21. The number of rotatable bonds is 4. The van der Waals surface area contributed by atoms with Gasteiger partial charge in [-0.2, -0.15) is 0 Å². The fourth-order valence-electron chi connectivity index (χ4n) is 3.87. The van der Waals surface area contributed by atoms with Gasteiger partial charge in [-0.05, 0) is 45.1 Å². The number of likely N-dealkylation sites (tertiary alicyclic amines) is 1. The van der Waals surface area contributed by atoms with E-state index in [1.807, 2.05) is 19.0 Å². The Labute approximate surface area is 159 Å². The van der Waals surface area contributed by atoms with Crippen molar-refractivity contribution in [3.63, 3.8) is 0 Å². The van der Waals surface area contributed by atoms with E-state index in [0.29, 0.717) is 42.3 Å². The van der Waals surface area contributed by atoms with E-state index in [1.165, 1.54) is 7.11 Å². The number of likely N-dealkylation sites (N-methyl/N-ethyl adjacent to an activating group) is 1. The molecule has 0 N–H and O–H groups in total. The van der Waals surface area contributed by atoms with Gasteiger partial charge in [0.1, 0.15) is 11.9 Å². The summed E-state index contributed by atoms with van der Waals surface area (Å²) in [5, 5.41) is 0.474. The molecule has 142 valence electrons. The molecule has 2 aliphatic heterocycles. The third kappa shape index (κ3) is 3.67. The van der Waals surface area contributed by atoms with Crippen molar-refractivity contribution >= 4 is 23.5 Å². The Morgan fingerprint density at radius 2 is 2.08 bits per heavy atom. The van der Waals surface area contributed by atoms with Gasteiger partial charge in [0.2, 0.25) is 0 Å². The van der Waals surface area contributed by atoms with Crippen LogP contribution in [0.5, 0.6) is 5.75 Å². The minimum absolute atomic E-state index is 0.0553. The van der Waals surface area contributed by atoms with Crippen molar-refractivity contribution < 1.29 is 19.1 Å². The number of benzene rings is 1. The molecule has 2 saturated heterocycles. The van der Waals surface area contributed by atoms with Crippen LogP contribution >= 0.6 is 11.6 Å². The molecule has 1 amide bonds. The lowest BCUT2D eigenvalue weighted by atomic mass is 9.76. The highest BCUT2D eigenvalue weighted by Crippen LogP contribution is 2.43. The molecule has 1 atom stereocenters. The van der Waals surface area contributed by atoms with Crippen molar-refractivity contribution in [2.75, 3.05) is 40.8 Å². The fourth-order valence-corrected chi connectivity index (χ4v) is 4.06. The van der Waals surface area contributed by atoms with Crippen LogP contribution in [0.1, 0.15) is 29.6 Å². The van der Waals surface area contributed by atoms with Crippen LogP contribution in [0.25, 0.3) is 0 Å². The zero-order valence-electron chi connectivity index (χ0n) is 15.5. The third-order valence-corrected chi connectivity index (χ3v) is 5.61. The minimum Gasteiger partial charge on any atom is -0.495 e. The number of hydrogen-bond acceptors (Lipinski definition) is 5. The second kappa shape index (κ2) is 7.45. The van der Waals surface area contributed by atoms with E-state index in [2.05, 4.69) is 0 Å². The van der Waals surface area contributed by atoms with Gasteiger partial charge >= 0.3 is 5.97 Å². The maximum Gasteiger partial charge on any atom is 0.312 e. The second-order valence-corrected chi connectivity index (χ2v) is 7.82. The Morgan fingerprint density at radius 1 is 1.38 bits per heavy atom. The zero-order valence-corrected chi connectivity index (χ0v) is 16.2. The maximum atomic E-state index is 12.8. The van der Waals surface area contributed by atoms with E-state index in [1.54, 1.807) is 23.1 Å². The first-order chi connectivity index (χ1) is 12.3. The van der Waals surface area contributed by atoms with Crippen molar-refractivity contribution in [3.05, 3.63) is 28.8 Å². The highest BCUT2D eigenvalue weighted by Gasteiger charge is 2.50. The first-order valence-electron chi connectivity index (χ1n) is 8.83. The molecule has 6 nitrogen and oxygen atoms in total. The van der Waals surface area contributed by atoms with Gasteiger partial charge < -0.3 is 19.3 Å². The van der Waals surface area contributed by atoms with Gasteiger partial charge in [-0.15, -0.1) is 0 Å². The van der Waals surface area contributed by atoms with Crippen molar-refractivity contribution in [1.82, 2.24) is 9.80 Å². The van der Waals surface area contributed by atoms with Gasteiger partial charge in [0.25, 0.3) is 5.91 Å². The number of halogens is 1. The number of hydrogen-bond donors (Lipinski definition) is 0. The molecule has 1 spiro atoms. The molecule has 1 unspecified atom stereocenters. The van der Waals surface area contributed by atoms with Crippen molar-refractivity contribution in [1.29, 1.82) is 0 Å². The number of piperidine rings is 1. The Morgan fingerprint density at radius 3 is 2.69 bits per heavy atom. The molecule has 3 rings (SSSR count). The maximum absolute atomic E-state index is 12.8. The molecule has 0 aliphatic carbocycles. The average Bonchev–Trinajstić information content (AvgIpc) is 2.89. The Hall–Kier alpha value is -1.79. The van der Waals surface area contributed by atoms with Gasteiger partial charge in [0.15, 0.2) is 0 Å². The summed E-state index contributed by atoms with van der Waals surface area (Å²) in [7, 11) is 5.47. The first kappa shape index (κ1) is 19.0. The molecule has 0 radical (unpaired) electrons. The lowest BCUT2D eigenvalue weighted by Gasteiger charge is -2.36. The van der Waals surface area contributed by atoms with E-state index in [0.717, 1.165) is 13.0 Å². The third-order valence-electron chi connectivity index (χ3n) is 5.30. The Bertz CT molecular complexity index is 699. The van der Waals surface area contributed by atoms with Crippen molar-refractivity contribution in [2.45, 2.75) is 25.4 Å². The van der Waals surface area contributed by atoms with Crippen LogP contribution in [-0.4, -0.2) is 68.6 Å². The molecular formula is C19H25ClN2O4. The standard InChI is InChI=1S/C19H25ClN2O4/c1-21(2)12-14-11-19(18(24)26-14)6-8-22(9-7-19)17(23)13-4-5-15(20)16(10-13)25-3/h4-5,10,14H,6-9,11-12H2,1-3H3. The van der Waals surface area contributed by atoms with Crippen LogP contribution in [0.15, 0.2) is 18.2 Å². The van der Waals surface area contributed by atoms with Crippen molar-refractivity contribution in [2.24, 2.45) is 5.41 Å². The molecular weight excluding hydrogens is 356 g/mol. The molecule has 1 aromatic rings. The summed E-state index contributed by atoms with van der Waals surface area (Å²) in [5.41, 5.74) is 0.108. The number of ether oxygens (including phenoxy) is 2. The number of carbonyl (C=O) groups excluding carboxylic acids is 2. The number of nitrogens with zero attached hydrogens (tertiary/aromatic N) is 2.